The molecule has 114 valence electrons. The number of anilines is 1. The van der Waals surface area contributed by atoms with Crippen molar-refractivity contribution < 1.29 is 13.7 Å². The fraction of sp³-hybridized carbons (Fsp3) is 0.333. The molecule has 0 atom stereocenters. The van der Waals surface area contributed by atoms with Gasteiger partial charge in [-0.15, -0.1) is 0 Å². The predicted octanol–water partition coefficient (Wildman–Crippen LogP) is 2.79. The van der Waals surface area contributed by atoms with Crippen molar-refractivity contribution in [2.24, 2.45) is 0 Å². The molecule has 0 spiro atoms. The van der Waals surface area contributed by atoms with E-state index in [1.54, 1.807) is 19.9 Å². The van der Waals surface area contributed by atoms with E-state index in [2.05, 4.69) is 20.4 Å². The van der Waals surface area contributed by atoms with Crippen molar-refractivity contribution in [2.45, 2.75) is 33.1 Å². The van der Waals surface area contributed by atoms with Gasteiger partial charge in [0.1, 0.15) is 5.52 Å². The van der Waals surface area contributed by atoms with Crippen molar-refractivity contribution >= 4 is 22.7 Å². The summed E-state index contributed by atoms with van der Waals surface area (Å²) in [5.41, 5.74) is 2.14. The Bertz CT molecular complexity index is 806. The Morgan fingerprint density at radius 2 is 2.14 bits per heavy atom. The number of rotatable bonds is 5. The standard InChI is InChI=1S/C15H16N4O3/c1-9-16-15(22-19-9)5-3-4-14(20)18-11-6-7-12-13(8-11)21-10(2)17-12/h6-8H,3-5H2,1-2H3,(H,18,20). The highest BCUT2D eigenvalue weighted by molar-refractivity contribution is 5.92. The zero-order valence-electron chi connectivity index (χ0n) is 12.4. The van der Waals surface area contributed by atoms with E-state index in [1.807, 2.05) is 12.1 Å². The summed E-state index contributed by atoms with van der Waals surface area (Å²) in [7, 11) is 0. The van der Waals surface area contributed by atoms with Crippen molar-refractivity contribution in [3.63, 3.8) is 0 Å². The topological polar surface area (TPSA) is 94.1 Å². The Balaban J connectivity index is 1.53. The second kappa shape index (κ2) is 5.97. The van der Waals surface area contributed by atoms with Gasteiger partial charge >= 0.3 is 0 Å². The van der Waals surface area contributed by atoms with Crippen LogP contribution in [-0.2, 0) is 11.2 Å². The van der Waals surface area contributed by atoms with E-state index in [-0.39, 0.29) is 5.91 Å². The third-order valence-electron chi connectivity index (χ3n) is 3.14. The molecular formula is C15H16N4O3. The average molecular weight is 300 g/mol. The molecule has 0 fully saturated rings. The monoisotopic (exact) mass is 300 g/mol. The van der Waals surface area contributed by atoms with Crippen LogP contribution < -0.4 is 5.32 Å². The van der Waals surface area contributed by atoms with Crippen LogP contribution in [0.25, 0.3) is 11.1 Å². The van der Waals surface area contributed by atoms with Gasteiger partial charge in [0.15, 0.2) is 17.3 Å². The molecule has 7 nitrogen and oxygen atoms in total. The van der Waals surface area contributed by atoms with Gasteiger partial charge in [-0.25, -0.2) is 4.98 Å². The van der Waals surface area contributed by atoms with Gasteiger partial charge in [0.05, 0.1) is 0 Å². The third kappa shape index (κ3) is 3.30. The molecule has 0 radical (unpaired) electrons. The molecule has 2 aromatic heterocycles. The van der Waals surface area contributed by atoms with Gasteiger partial charge in [0.25, 0.3) is 0 Å². The van der Waals surface area contributed by atoms with Gasteiger partial charge in [-0.05, 0) is 25.5 Å². The molecule has 0 saturated heterocycles. The van der Waals surface area contributed by atoms with E-state index in [0.29, 0.717) is 48.1 Å². The molecule has 3 aromatic rings. The number of carbonyl (C=O) groups excluding carboxylic acids is 1. The van der Waals surface area contributed by atoms with Crippen molar-refractivity contribution in [1.29, 1.82) is 0 Å². The van der Waals surface area contributed by atoms with Gasteiger partial charge in [0, 0.05) is 31.5 Å². The Morgan fingerprint density at radius 1 is 1.27 bits per heavy atom. The molecule has 3 rings (SSSR count). The number of aromatic nitrogens is 3. The molecule has 0 aliphatic rings. The van der Waals surface area contributed by atoms with E-state index in [1.165, 1.54) is 0 Å². The minimum atomic E-state index is -0.0631. The molecule has 0 unspecified atom stereocenters. The lowest BCUT2D eigenvalue weighted by atomic mass is 10.2. The van der Waals surface area contributed by atoms with Crippen LogP contribution in [0.5, 0.6) is 0 Å². The number of nitrogens with one attached hydrogen (secondary N) is 1. The Hall–Kier alpha value is -2.70. The average Bonchev–Trinajstić information content (AvgIpc) is 3.03. The highest BCUT2D eigenvalue weighted by Gasteiger charge is 2.08. The van der Waals surface area contributed by atoms with Crippen LogP contribution in [0.1, 0.15) is 30.4 Å². The largest absolute Gasteiger partial charge is 0.441 e. The van der Waals surface area contributed by atoms with E-state index >= 15 is 0 Å². The van der Waals surface area contributed by atoms with Crippen LogP contribution in [-0.4, -0.2) is 21.0 Å². The molecule has 1 aromatic carbocycles. The minimum absolute atomic E-state index is 0.0631. The summed E-state index contributed by atoms with van der Waals surface area (Å²) in [4.78, 5) is 20.2. The van der Waals surface area contributed by atoms with Crippen molar-refractivity contribution in [1.82, 2.24) is 15.1 Å². The number of carbonyl (C=O) groups is 1. The first-order chi connectivity index (χ1) is 10.6. The highest BCUT2D eigenvalue weighted by Crippen LogP contribution is 2.20. The maximum Gasteiger partial charge on any atom is 0.226 e. The zero-order chi connectivity index (χ0) is 15.5. The van der Waals surface area contributed by atoms with Crippen LogP contribution >= 0.6 is 0 Å². The summed E-state index contributed by atoms with van der Waals surface area (Å²) in [5.74, 6) is 1.71. The Kier molecular flexibility index (Phi) is 3.86. The normalized spacial score (nSPS) is 11.0. The fourth-order valence-corrected chi connectivity index (χ4v) is 2.18. The van der Waals surface area contributed by atoms with Crippen molar-refractivity contribution in [3.8, 4) is 0 Å². The van der Waals surface area contributed by atoms with Gasteiger partial charge < -0.3 is 14.3 Å². The first kappa shape index (κ1) is 14.2. The Labute approximate surface area is 126 Å². The number of amides is 1. The molecule has 0 saturated carbocycles. The first-order valence-electron chi connectivity index (χ1n) is 7.06. The smallest absolute Gasteiger partial charge is 0.226 e. The third-order valence-corrected chi connectivity index (χ3v) is 3.14. The molecule has 7 heteroatoms. The van der Waals surface area contributed by atoms with Crippen LogP contribution in [0, 0.1) is 13.8 Å². The van der Waals surface area contributed by atoms with E-state index in [4.69, 9.17) is 8.94 Å². The lowest BCUT2D eigenvalue weighted by molar-refractivity contribution is -0.116. The van der Waals surface area contributed by atoms with Gasteiger partial charge in [-0.1, -0.05) is 5.16 Å². The number of hydrogen-bond acceptors (Lipinski definition) is 6. The summed E-state index contributed by atoms with van der Waals surface area (Å²) in [6.45, 7) is 3.55. The fourth-order valence-electron chi connectivity index (χ4n) is 2.18. The number of fused-ring (bicyclic) bond motifs is 1. The molecule has 2 heterocycles. The number of hydrogen-bond donors (Lipinski definition) is 1. The molecule has 22 heavy (non-hydrogen) atoms. The SMILES string of the molecule is Cc1noc(CCCC(=O)Nc2ccc3nc(C)oc3c2)n1. The molecule has 0 bridgehead atoms. The van der Waals surface area contributed by atoms with Gasteiger partial charge in [-0.3, -0.25) is 4.79 Å². The zero-order valence-corrected chi connectivity index (χ0v) is 12.4. The second-order valence-electron chi connectivity index (χ2n) is 5.05. The second-order valence-corrected chi connectivity index (χ2v) is 5.05. The number of aryl methyl sites for hydroxylation is 3. The quantitative estimate of drug-likeness (QED) is 0.778. The van der Waals surface area contributed by atoms with E-state index < -0.39 is 0 Å². The van der Waals surface area contributed by atoms with E-state index in [0.717, 1.165) is 5.52 Å². The summed E-state index contributed by atoms with van der Waals surface area (Å²) in [6.07, 6.45) is 1.63. The number of benzene rings is 1. The number of nitrogens with zero attached hydrogens (tertiary/aromatic N) is 3. The van der Waals surface area contributed by atoms with Crippen LogP contribution in [0.3, 0.4) is 0 Å². The summed E-state index contributed by atoms with van der Waals surface area (Å²) in [6, 6.07) is 5.40. The highest BCUT2D eigenvalue weighted by atomic mass is 16.5. The summed E-state index contributed by atoms with van der Waals surface area (Å²) in [5, 5.41) is 6.55. The predicted molar refractivity (Wildman–Crippen MR) is 79.3 cm³/mol. The first-order valence-corrected chi connectivity index (χ1v) is 7.06. The summed E-state index contributed by atoms with van der Waals surface area (Å²) >= 11 is 0. The molecule has 1 N–H and O–H groups in total. The van der Waals surface area contributed by atoms with Crippen LogP contribution in [0.4, 0.5) is 5.69 Å². The molecule has 0 aliphatic carbocycles. The van der Waals surface area contributed by atoms with Gasteiger partial charge in [-0.2, -0.15) is 4.98 Å². The molecular weight excluding hydrogens is 284 g/mol. The summed E-state index contributed by atoms with van der Waals surface area (Å²) < 4.78 is 10.4. The lowest BCUT2D eigenvalue weighted by Crippen LogP contribution is -2.11. The van der Waals surface area contributed by atoms with Crippen LogP contribution in [0.15, 0.2) is 27.1 Å². The maximum atomic E-state index is 11.9. The Morgan fingerprint density at radius 3 is 2.91 bits per heavy atom. The minimum Gasteiger partial charge on any atom is -0.441 e. The van der Waals surface area contributed by atoms with E-state index in [9.17, 15) is 4.79 Å². The van der Waals surface area contributed by atoms with Crippen molar-refractivity contribution in [2.75, 3.05) is 5.32 Å². The van der Waals surface area contributed by atoms with Crippen molar-refractivity contribution in [3.05, 3.63) is 35.8 Å². The lowest BCUT2D eigenvalue weighted by Gasteiger charge is -2.04. The maximum absolute atomic E-state index is 11.9. The van der Waals surface area contributed by atoms with Gasteiger partial charge in [0.2, 0.25) is 11.8 Å². The van der Waals surface area contributed by atoms with Crippen LogP contribution in [0.2, 0.25) is 0 Å². The molecule has 1 amide bonds. The number of oxazole rings is 1. The molecule has 0 aliphatic heterocycles.